The van der Waals surface area contributed by atoms with Crippen molar-refractivity contribution in [3.05, 3.63) is 74.3 Å². The Kier molecular flexibility index (Phi) is 6.98. The van der Waals surface area contributed by atoms with E-state index in [1.807, 2.05) is 0 Å². The summed E-state index contributed by atoms with van der Waals surface area (Å²) in [6.45, 7) is -1.03. The molecule has 0 bridgehead atoms. The van der Waals surface area contributed by atoms with Gasteiger partial charge in [0.1, 0.15) is 5.69 Å². The molecule has 1 aliphatic heterocycles. The Morgan fingerprint density at radius 2 is 1.82 bits per heavy atom. The minimum absolute atomic E-state index is 0.0191. The molecule has 0 radical (unpaired) electrons. The minimum atomic E-state index is -4.92. The smallest absolute Gasteiger partial charge is 0.397 e. The largest absolute Gasteiger partial charge is 0.419 e. The number of likely N-dealkylation sites (tertiary alicyclic amines) is 1. The molecule has 10 nitrogen and oxygen atoms in total. The van der Waals surface area contributed by atoms with Gasteiger partial charge in [-0.2, -0.15) is 13.2 Å². The van der Waals surface area contributed by atoms with E-state index in [1.54, 1.807) is 6.92 Å². The van der Waals surface area contributed by atoms with Crippen LogP contribution in [0, 0.1) is 30.9 Å². The number of anilines is 3. The molecule has 1 saturated heterocycles. The van der Waals surface area contributed by atoms with E-state index in [2.05, 4.69) is 10.9 Å². The van der Waals surface area contributed by atoms with Crippen molar-refractivity contribution in [1.82, 2.24) is 19.0 Å². The van der Waals surface area contributed by atoms with Crippen molar-refractivity contribution in [2.24, 2.45) is 5.84 Å². The van der Waals surface area contributed by atoms with Crippen LogP contribution in [-0.2, 0) is 13.1 Å². The molecule has 0 atom stereocenters. The molecule has 15 heteroatoms. The van der Waals surface area contributed by atoms with E-state index < -0.39 is 66.5 Å². The molecule has 0 spiro atoms. The van der Waals surface area contributed by atoms with Gasteiger partial charge in [0.15, 0.2) is 17.2 Å². The van der Waals surface area contributed by atoms with Gasteiger partial charge in [0.05, 0.1) is 35.5 Å². The first-order chi connectivity index (χ1) is 18.2. The first-order valence-corrected chi connectivity index (χ1v) is 11.2. The number of rotatable bonds is 6. The second-order valence-corrected chi connectivity index (χ2v) is 9.10. The molecule has 4 rings (SSSR count). The van der Waals surface area contributed by atoms with E-state index in [0.29, 0.717) is 27.3 Å². The number of alkyl halides is 3. The second-order valence-electron chi connectivity index (χ2n) is 9.10. The Hall–Kier alpha value is -4.26. The van der Waals surface area contributed by atoms with Gasteiger partial charge in [-0.3, -0.25) is 24.3 Å². The summed E-state index contributed by atoms with van der Waals surface area (Å²) >= 11 is 0. The molecule has 39 heavy (non-hydrogen) atoms. The van der Waals surface area contributed by atoms with Crippen LogP contribution in [0.5, 0.6) is 0 Å². The molecule has 206 valence electrons. The van der Waals surface area contributed by atoms with Crippen LogP contribution in [0.2, 0.25) is 0 Å². The van der Waals surface area contributed by atoms with Crippen LogP contribution in [0.25, 0.3) is 5.69 Å². The summed E-state index contributed by atoms with van der Waals surface area (Å²) in [6, 6.07) is 2.71. The maximum atomic E-state index is 14.1. The molecule has 2 aromatic heterocycles. The normalized spacial score (nSPS) is 15.1. The molecule has 0 saturated carbocycles. The zero-order chi connectivity index (χ0) is 28.9. The molecule has 1 aliphatic rings. The number of nitrogens with zero attached hydrogens (tertiary/aromatic N) is 5. The van der Waals surface area contributed by atoms with E-state index in [0.717, 1.165) is 9.47 Å². The highest BCUT2D eigenvalue weighted by atomic mass is 19.4. The molecule has 3 heterocycles. The van der Waals surface area contributed by atoms with Crippen molar-refractivity contribution in [3.8, 4) is 18.0 Å². The van der Waals surface area contributed by atoms with E-state index in [1.165, 1.54) is 18.5 Å². The molecule has 1 fully saturated rings. The summed E-state index contributed by atoms with van der Waals surface area (Å²) in [5.74, 6) is 5.81. The van der Waals surface area contributed by atoms with Crippen molar-refractivity contribution < 1.29 is 27.1 Å². The predicted molar refractivity (Wildman–Crippen MR) is 131 cm³/mol. The highest BCUT2D eigenvalue weighted by Crippen LogP contribution is 2.39. The third kappa shape index (κ3) is 4.85. The van der Waals surface area contributed by atoms with E-state index in [4.69, 9.17) is 18.0 Å². The lowest BCUT2D eigenvalue weighted by Crippen LogP contribution is -2.68. The van der Waals surface area contributed by atoms with Crippen LogP contribution in [0.1, 0.15) is 11.3 Å². The number of pyridine rings is 1. The molecule has 0 unspecified atom stereocenters. The van der Waals surface area contributed by atoms with E-state index >= 15 is 0 Å². The summed E-state index contributed by atoms with van der Waals surface area (Å²) in [4.78, 5) is 32.4. The first kappa shape index (κ1) is 27.8. The number of halogens is 5. The van der Waals surface area contributed by atoms with Gasteiger partial charge in [0.25, 0.3) is 5.56 Å². The summed E-state index contributed by atoms with van der Waals surface area (Å²) in [7, 11) is 0. The van der Waals surface area contributed by atoms with Gasteiger partial charge < -0.3 is 10.8 Å². The fourth-order valence-corrected chi connectivity index (χ4v) is 4.30. The van der Waals surface area contributed by atoms with Gasteiger partial charge in [0, 0.05) is 38.0 Å². The zero-order valence-electron chi connectivity index (χ0n) is 20.3. The minimum Gasteiger partial charge on any atom is -0.397 e. The van der Waals surface area contributed by atoms with Gasteiger partial charge in [-0.05, 0) is 18.6 Å². The number of aliphatic hydroxyl groups is 1. The van der Waals surface area contributed by atoms with Crippen LogP contribution < -0.4 is 27.8 Å². The van der Waals surface area contributed by atoms with Gasteiger partial charge in [-0.25, -0.2) is 24.0 Å². The topological polar surface area (TPSA) is 136 Å². The fraction of sp³-hybridized carbons (Fsp3) is 0.292. The number of nitrogens with two attached hydrogens (primary N) is 2. The number of benzene rings is 1. The number of aryl methyl sites for hydroxylation is 1. The van der Waals surface area contributed by atoms with Crippen molar-refractivity contribution in [2.75, 3.05) is 23.8 Å². The summed E-state index contributed by atoms with van der Waals surface area (Å²) in [6.07, 6.45) is 3.21. The maximum absolute atomic E-state index is 14.1. The van der Waals surface area contributed by atoms with Gasteiger partial charge >= 0.3 is 11.9 Å². The Labute approximate surface area is 217 Å². The SMILES string of the molecule is C#CCn1c(CN2CC(O)(C(F)(F)F)C2)c(N(N)c2cc(F)c(F)cc2N)c(=O)n(-c2cncc(C)c2)c1=O. The Balaban J connectivity index is 1.98. The third-order valence-corrected chi connectivity index (χ3v) is 6.24. The van der Waals surface area contributed by atoms with Crippen molar-refractivity contribution in [2.45, 2.75) is 31.8 Å². The Morgan fingerprint density at radius 3 is 2.41 bits per heavy atom. The predicted octanol–water partition coefficient (Wildman–Crippen LogP) is 1.32. The summed E-state index contributed by atoms with van der Waals surface area (Å²) < 4.78 is 69.1. The van der Waals surface area contributed by atoms with Crippen LogP contribution in [0.15, 0.2) is 40.2 Å². The monoisotopic (exact) mass is 551 g/mol. The number of β-amino-alcohol motifs (C(OH)–C–C–N with tert-alkyl or cyclic N) is 1. The first-order valence-electron chi connectivity index (χ1n) is 11.2. The fourth-order valence-electron chi connectivity index (χ4n) is 4.30. The molecule has 0 aliphatic carbocycles. The van der Waals surface area contributed by atoms with Gasteiger partial charge in [0.2, 0.25) is 0 Å². The molecule has 3 aromatic rings. The van der Waals surface area contributed by atoms with Gasteiger partial charge in [-0.1, -0.05) is 5.92 Å². The van der Waals surface area contributed by atoms with Crippen LogP contribution in [0.4, 0.5) is 39.0 Å². The highest BCUT2D eigenvalue weighted by molar-refractivity contribution is 5.74. The Bertz CT molecular complexity index is 1600. The lowest BCUT2D eigenvalue weighted by atomic mass is 9.93. The van der Waals surface area contributed by atoms with Crippen molar-refractivity contribution >= 4 is 17.1 Å². The summed E-state index contributed by atoms with van der Waals surface area (Å²) in [5, 5.41) is 10.5. The number of terminal acetylenes is 1. The van der Waals surface area contributed by atoms with Crippen LogP contribution in [0.3, 0.4) is 0 Å². The quantitative estimate of drug-likeness (QED) is 0.137. The van der Waals surface area contributed by atoms with E-state index in [-0.39, 0.29) is 22.8 Å². The number of aromatic nitrogens is 3. The van der Waals surface area contributed by atoms with Crippen LogP contribution in [-0.4, -0.2) is 49.0 Å². The van der Waals surface area contributed by atoms with Crippen LogP contribution >= 0.6 is 0 Å². The van der Waals surface area contributed by atoms with E-state index in [9.17, 15) is 36.6 Å². The third-order valence-electron chi connectivity index (χ3n) is 6.24. The lowest BCUT2D eigenvalue weighted by Gasteiger charge is -2.47. The molecular formula is C24H22F5N7O3. The zero-order valence-corrected chi connectivity index (χ0v) is 20.3. The average Bonchev–Trinajstić information content (AvgIpc) is 2.82. The van der Waals surface area contributed by atoms with Crippen molar-refractivity contribution in [3.63, 3.8) is 0 Å². The molecular weight excluding hydrogens is 529 g/mol. The highest BCUT2D eigenvalue weighted by Gasteiger charge is 2.60. The van der Waals surface area contributed by atoms with Gasteiger partial charge in [-0.15, -0.1) is 6.42 Å². The second kappa shape index (κ2) is 9.80. The number of nitrogen functional groups attached to an aromatic ring is 1. The number of hydrazine groups is 1. The lowest BCUT2D eigenvalue weighted by molar-refractivity contribution is -0.302. The van der Waals surface area contributed by atoms with Crippen molar-refractivity contribution in [1.29, 1.82) is 0 Å². The standard InChI is InChI=1S/C24H22F5N7O3/c1-3-4-34-19(10-33-11-23(39,12-33)24(27,28)29)20(36(31)18-7-16(26)15(25)6-17(18)30)21(37)35(22(34)38)14-5-13(2)8-32-9-14/h1,5-9,39H,4,10-12,30-31H2,2H3. The average molecular weight is 551 g/mol. The molecule has 1 aromatic carbocycles. The number of hydrogen-bond acceptors (Lipinski definition) is 8. The number of hydrogen-bond donors (Lipinski definition) is 3. The molecule has 0 amide bonds. The maximum Gasteiger partial charge on any atom is 0.419 e. The summed E-state index contributed by atoms with van der Waals surface area (Å²) in [5.41, 5.74) is -0.0904. The Morgan fingerprint density at radius 1 is 1.18 bits per heavy atom. The molecule has 5 N–H and O–H groups in total.